The van der Waals surface area contributed by atoms with Gasteiger partial charge in [-0.2, -0.15) is 10.5 Å². The second-order valence-corrected chi connectivity index (χ2v) is 19.6. The van der Waals surface area contributed by atoms with Crippen LogP contribution in [0.25, 0.3) is 22.3 Å². The Bertz CT molecular complexity index is 2740. The summed E-state index contributed by atoms with van der Waals surface area (Å²) >= 11 is 0. The number of fused-ring (bicyclic) bond motifs is 4. The quantitative estimate of drug-likeness (QED) is 0.169. The lowest BCUT2D eigenvalue weighted by molar-refractivity contribution is 0.592. The van der Waals surface area contributed by atoms with Gasteiger partial charge in [-0.25, -0.2) is 0 Å². The molecule has 54 heavy (non-hydrogen) atoms. The second-order valence-electron chi connectivity index (χ2n) is 14.2. The van der Waals surface area contributed by atoms with E-state index in [0.29, 0.717) is 38.0 Å². The van der Waals surface area contributed by atoms with Crippen LogP contribution in [0.5, 0.6) is 0 Å². The van der Waals surface area contributed by atoms with Crippen LogP contribution in [0.2, 0.25) is 0 Å². The number of nitrogens with zero attached hydrogens (tertiary/aromatic N) is 3. The van der Waals surface area contributed by atoms with E-state index in [0.717, 1.165) is 60.9 Å². The third-order valence-electron chi connectivity index (χ3n) is 10.6. The summed E-state index contributed by atoms with van der Waals surface area (Å²) in [6.45, 7) is 6.03. The smallest absolute Gasteiger partial charge is 0.175 e. The van der Waals surface area contributed by atoms with Gasteiger partial charge in [0.1, 0.15) is 0 Å². The number of benzene rings is 7. The molecule has 0 N–H and O–H groups in total. The summed E-state index contributed by atoms with van der Waals surface area (Å²) in [5, 5.41) is 23.4. The van der Waals surface area contributed by atoms with Crippen molar-refractivity contribution < 1.29 is 9.13 Å². The largest absolute Gasteiger partial charge is 0.308 e. The van der Waals surface area contributed by atoms with Gasteiger partial charge in [0.25, 0.3) is 0 Å². The van der Waals surface area contributed by atoms with E-state index in [1.807, 2.05) is 154 Å². The summed E-state index contributed by atoms with van der Waals surface area (Å²) in [6.07, 6.45) is 0. The van der Waals surface area contributed by atoms with Gasteiger partial charge < -0.3 is 14.0 Å². The topological polar surface area (TPSA) is 85.0 Å². The van der Waals surface area contributed by atoms with E-state index in [2.05, 4.69) is 17.0 Å². The summed E-state index contributed by atoms with van der Waals surface area (Å²) in [5.41, 5.74) is 9.73. The summed E-state index contributed by atoms with van der Waals surface area (Å²) in [6, 6.07) is 51.4. The number of rotatable bonds is 4. The minimum Gasteiger partial charge on any atom is -0.308 e. The average molecular weight is 734 g/mol. The first-order valence-electron chi connectivity index (χ1n) is 17.7. The molecule has 0 spiro atoms. The zero-order valence-electron chi connectivity index (χ0n) is 29.9. The van der Waals surface area contributed by atoms with E-state index < -0.39 is 14.3 Å². The highest BCUT2D eigenvalue weighted by Crippen LogP contribution is 2.61. The number of hydrogen-bond acceptors (Lipinski definition) is 5. The monoisotopic (exact) mass is 733 g/mol. The van der Waals surface area contributed by atoms with Gasteiger partial charge in [0.2, 0.25) is 0 Å². The van der Waals surface area contributed by atoms with E-state index >= 15 is 9.13 Å². The molecule has 7 aromatic rings. The lowest BCUT2D eigenvalue weighted by Crippen LogP contribution is -2.46. The number of hydrogen-bond donors (Lipinski definition) is 0. The van der Waals surface area contributed by atoms with Gasteiger partial charge in [-0.05, 0) is 121 Å². The summed E-state index contributed by atoms with van der Waals surface area (Å²) in [5.74, 6) is 0. The third-order valence-corrected chi connectivity index (χ3v) is 16.7. The van der Waals surface area contributed by atoms with Crippen molar-refractivity contribution in [3.05, 3.63) is 173 Å². The molecule has 9 rings (SSSR count). The van der Waals surface area contributed by atoms with Crippen LogP contribution < -0.4 is 36.7 Å². The Balaban J connectivity index is 1.35. The van der Waals surface area contributed by atoms with E-state index in [4.69, 9.17) is 0 Å². The molecule has 0 aliphatic carbocycles. The van der Waals surface area contributed by atoms with Gasteiger partial charge >= 0.3 is 0 Å². The molecular weight excluding hydrogens is 700 g/mol. The van der Waals surface area contributed by atoms with Crippen LogP contribution in [0.3, 0.4) is 0 Å². The van der Waals surface area contributed by atoms with Gasteiger partial charge in [0, 0.05) is 31.8 Å². The highest BCUT2D eigenvalue weighted by molar-refractivity contribution is 7.88. The first-order chi connectivity index (χ1) is 26.1. The standard InChI is InChI=1S/C47H33N3O2P2/c1-30-16-18-41-43(20-30)53(51,39-14-6-12-37(26-39)35-10-4-8-33(24-35)28-48)45-22-32(3)23-46-47(45)50(41)42-19-17-31(2)21-44(42)54(46,52)40-15-7-13-38(27-40)36-11-5-9-34(25-36)29-49/h4-27H,1-3H3. The summed E-state index contributed by atoms with van der Waals surface area (Å²) in [4.78, 5) is 2.18. The van der Waals surface area contributed by atoms with Crippen LogP contribution >= 0.6 is 14.3 Å². The maximum atomic E-state index is 16.5. The molecule has 0 amide bonds. The number of nitriles is 2. The fraction of sp³-hybridized carbons (Fsp3) is 0.0638. The zero-order chi connectivity index (χ0) is 37.4. The highest BCUT2D eigenvalue weighted by atomic mass is 31.2. The Morgan fingerprint density at radius 3 is 1.26 bits per heavy atom. The Morgan fingerprint density at radius 1 is 0.444 bits per heavy atom. The molecule has 2 heterocycles. The Hall–Kier alpha value is -6.22. The van der Waals surface area contributed by atoms with Crippen molar-refractivity contribution in [3.63, 3.8) is 0 Å². The Kier molecular flexibility index (Phi) is 7.74. The fourth-order valence-corrected chi connectivity index (χ4v) is 14.6. The molecule has 0 saturated carbocycles. The minimum atomic E-state index is -3.60. The molecule has 2 atom stereocenters. The maximum absolute atomic E-state index is 16.5. The summed E-state index contributed by atoms with van der Waals surface area (Å²) < 4.78 is 33.1. The lowest BCUT2D eigenvalue weighted by atomic mass is 10.0. The highest BCUT2D eigenvalue weighted by Gasteiger charge is 2.50. The average Bonchev–Trinajstić information content (AvgIpc) is 3.21. The van der Waals surface area contributed by atoms with Crippen molar-refractivity contribution in [2.45, 2.75) is 20.8 Å². The molecule has 2 unspecified atom stereocenters. The third kappa shape index (κ3) is 4.98. The molecule has 0 saturated heterocycles. The molecule has 2 aliphatic heterocycles. The first-order valence-corrected chi connectivity index (χ1v) is 21.2. The van der Waals surface area contributed by atoms with Crippen LogP contribution in [-0.4, -0.2) is 0 Å². The second kappa shape index (κ2) is 12.4. The van der Waals surface area contributed by atoms with Crippen molar-refractivity contribution in [1.82, 2.24) is 0 Å². The molecule has 0 fully saturated rings. The van der Waals surface area contributed by atoms with Crippen molar-refractivity contribution in [3.8, 4) is 34.4 Å². The Morgan fingerprint density at radius 2 is 0.833 bits per heavy atom. The molecular formula is C47H33N3O2P2. The molecule has 0 bridgehead atoms. The van der Waals surface area contributed by atoms with E-state index in [9.17, 15) is 10.5 Å². The van der Waals surface area contributed by atoms with Crippen molar-refractivity contribution in [1.29, 1.82) is 10.5 Å². The van der Waals surface area contributed by atoms with E-state index in [-0.39, 0.29) is 0 Å². The van der Waals surface area contributed by atoms with E-state index in [1.54, 1.807) is 12.1 Å². The molecule has 7 heteroatoms. The normalized spacial score (nSPS) is 17.8. The zero-order valence-corrected chi connectivity index (χ0v) is 31.7. The first kappa shape index (κ1) is 33.6. The Labute approximate surface area is 315 Å². The molecule has 5 nitrogen and oxygen atoms in total. The van der Waals surface area contributed by atoms with Gasteiger partial charge in [0.05, 0.1) is 40.3 Å². The van der Waals surface area contributed by atoms with Crippen LogP contribution in [0.4, 0.5) is 17.1 Å². The predicted octanol–water partition coefficient (Wildman–Crippen LogP) is 9.06. The SMILES string of the molecule is Cc1ccc2c(c1)P(=O)(c1cccc(-c3cccc(C#N)c3)c1)c1cc(C)cc3c1N2c1ccc(C)cc1P3(=O)c1cccc(-c2cccc(C#N)c2)c1. The van der Waals surface area contributed by atoms with Crippen LogP contribution in [0.15, 0.2) is 146 Å². The van der Waals surface area contributed by atoms with Crippen LogP contribution in [0.1, 0.15) is 27.8 Å². The maximum Gasteiger partial charge on any atom is 0.175 e. The van der Waals surface area contributed by atoms with Gasteiger partial charge in [-0.1, -0.05) is 83.9 Å². The molecule has 2 aliphatic rings. The molecule has 258 valence electrons. The van der Waals surface area contributed by atoms with Gasteiger partial charge in [-0.15, -0.1) is 0 Å². The molecule has 0 aromatic heterocycles. The minimum absolute atomic E-state index is 0.554. The van der Waals surface area contributed by atoms with Crippen LogP contribution in [0, 0.1) is 43.4 Å². The van der Waals surface area contributed by atoms with Crippen molar-refractivity contribution >= 4 is 63.2 Å². The summed E-state index contributed by atoms with van der Waals surface area (Å²) in [7, 11) is -7.21. The van der Waals surface area contributed by atoms with Crippen molar-refractivity contribution in [2.75, 3.05) is 4.90 Å². The number of aryl methyl sites for hydroxylation is 3. The van der Waals surface area contributed by atoms with Crippen molar-refractivity contribution in [2.24, 2.45) is 0 Å². The number of anilines is 3. The van der Waals surface area contributed by atoms with E-state index in [1.165, 1.54) is 0 Å². The fourth-order valence-electron chi connectivity index (χ4n) is 8.09. The molecule has 7 aromatic carbocycles. The predicted molar refractivity (Wildman–Crippen MR) is 222 cm³/mol. The van der Waals surface area contributed by atoms with Gasteiger partial charge in [-0.3, -0.25) is 0 Å². The molecule has 0 radical (unpaired) electrons. The lowest BCUT2D eigenvalue weighted by Gasteiger charge is -2.44. The van der Waals surface area contributed by atoms with Crippen LogP contribution in [-0.2, 0) is 9.13 Å². The van der Waals surface area contributed by atoms with Gasteiger partial charge in [0.15, 0.2) is 14.3 Å².